The second-order valence-electron chi connectivity index (χ2n) is 4.30. The van der Waals surface area contributed by atoms with Crippen LogP contribution < -0.4 is 0 Å². The van der Waals surface area contributed by atoms with Crippen LogP contribution in [0.4, 0.5) is 0 Å². The van der Waals surface area contributed by atoms with Crippen molar-refractivity contribution in [3.63, 3.8) is 0 Å². The van der Waals surface area contributed by atoms with Crippen LogP contribution in [0.2, 0.25) is 0 Å². The lowest BCUT2D eigenvalue weighted by Gasteiger charge is -2.15. The number of carboxylic acid groups (broad SMARTS) is 1. The zero-order valence-corrected chi connectivity index (χ0v) is 10.4. The van der Waals surface area contributed by atoms with Gasteiger partial charge in [-0.25, -0.2) is 0 Å². The monoisotopic (exact) mass is 268 g/mol. The number of hydrogen-bond acceptors (Lipinski definition) is 1. The summed E-state index contributed by atoms with van der Waals surface area (Å²) in [6, 6.07) is 4.01. The lowest BCUT2D eigenvalue weighted by atomic mass is 9.91. The van der Waals surface area contributed by atoms with Gasteiger partial charge in [0.05, 0.1) is 5.41 Å². The Morgan fingerprint density at radius 2 is 1.93 bits per heavy atom. The van der Waals surface area contributed by atoms with Crippen LogP contribution in [0.25, 0.3) is 0 Å². The number of rotatable bonds is 2. The van der Waals surface area contributed by atoms with Crippen molar-refractivity contribution in [2.75, 3.05) is 0 Å². The fraction of sp³-hybridized carbons (Fsp3) is 0.417. The summed E-state index contributed by atoms with van der Waals surface area (Å²) in [5, 5.41) is 9.23. The zero-order chi connectivity index (χ0) is 11.2. The highest BCUT2D eigenvalue weighted by atomic mass is 79.9. The van der Waals surface area contributed by atoms with E-state index in [0.717, 1.165) is 34.0 Å². The summed E-state index contributed by atoms with van der Waals surface area (Å²) in [7, 11) is 0. The predicted octanol–water partition coefficient (Wildman–Crippen LogP) is 3.18. The van der Waals surface area contributed by atoms with E-state index in [9.17, 15) is 9.90 Å². The van der Waals surface area contributed by atoms with Gasteiger partial charge in [-0.3, -0.25) is 4.79 Å². The molecule has 0 aromatic heterocycles. The molecule has 0 atom stereocenters. The summed E-state index contributed by atoms with van der Waals surface area (Å²) in [4.78, 5) is 11.2. The largest absolute Gasteiger partial charge is 0.481 e. The number of aliphatic carboxylic acids is 1. The predicted molar refractivity (Wildman–Crippen MR) is 62.2 cm³/mol. The average molecular weight is 269 g/mol. The molecule has 2 rings (SSSR count). The first-order chi connectivity index (χ1) is 6.97. The number of carboxylic acids is 1. The van der Waals surface area contributed by atoms with Gasteiger partial charge in [-0.05, 0) is 49.4 Å². The molecule has 80 valence electrons. The van der Waals surface area contributed by atoms with Crippen molar-refractivity contribution in [1.82, 2.24) is 0 Å². The molecule has 1 aliphatic carbocycles. The Morgan fingerprint density at radius 3 is 2.40 bits per heavy atom. The lowest BCUT2D eigenvalue weighted by Crippen LogP contribution is -2.20. The fourth-order valence-corrected chi connectivity index (χ4v) is 2.41. The van der Waals surface area contributed by atoms with Crippen LogP contribution in [0.5, 0.6) is 0 Å². The summed E-state index contributed by atoms with van der Waals surface area (Å²) in [6.07, 6.45) is 1.53. The smallest absolute Gasteiger partial charge is 0.314 e. The van der Waals surface area contributed by atoms with Crippen molar-refractivity contribution >= 4 is 21.9 Å². The molecular weight excluding hydrogens is 256 g/mol. The molecule has 1 aromatic rings. The van der Waals surface area contributed by atoms with E-state index in [-0.39, 0.29) is 0 Å². The molecule has 3 heteroatoms. The van der Waals surface area contributed by atoms with Crippen LogP contribution in [0.1, 0.15) is 29.5 Å². The summed E-state index contributed by atoms with van der Waals surface area (Å²) < 4.78 is 0.996. The summed E-state index contributed by atoms with van der Waals surface area (Å²) in [5.74, 6) is -0.693. The van der Waals surface area contributed by atoms with Crippen molar-refractivity contribution in [3.8, 4) is 0 Å². The van der Waals surface area contributed by atoms with Crippen molar-refractivity contribution in [2.45, 2.75) is 32.1 Å². The van der Waals surface area contributed by atoms with Gasteiger partial charge < -0.3 is 5.11 Å². The molecule has 0 bridgehead atoms. The molecule has 0 amide bonds. The van der Waals surface area contributed by atoms with E-state index in [4.69, 9.17) is 0 Å². The number of aryl methyl sites for hydroxylation is 2. The molecule has 1 saturated carbocycles. The molecule has 1 aromatic carbocycles. The first-order valence-corrected chi connectivity index (χ1v) is 5.77. The molecule has 1 aliphatic rings. The van der Waals surface area contributed by atoms with E-state index in [1.807, 2.05) is 26.0 Å². The van der Waals surface area contributed by atoms with Crippen molar-refractivity contribution in [2.24, 2.45) is 0 Å². The van der Waals surface area contributed by atoms with Gasteiger partial charge in [-0.1, -0.05) is 22.0 Å². The van der Waals surface area contributed by atoms with Gasteiger partial charge in [-0.15, -0.1) is 0 Å². The van der Waals surface area contributed by atoms with Gasteiger partial charge in [-0.2, -0.15) is 0 Å². The normalized spacial score (nSPS) is 17.5. The zero-order valence-electron chi connectivity index (χ0n) is 8.80. The maximum absolute atomic E-state index is 11.2. The van der Waals surface area contributed by atoms with Crippen LogP contribution in [0, 0.1) is 13.8 Å². The number of carbonyl (C=O) groups is 1. The van der Waals surface area contributed by atoms with Gasteiger partial charge in [0, 0.05) is 4.47 Å². The van der Waals surface area contributed by atoms with Crippen LogP contribution in [-0.4, -0.2) is 11.1 Å². The third kappa shape index (κ3) is 1.59. The van der Waals surface area contributed by atoms with Crippen molar-refractivity contribution in [1.29, 1.82) is 0 Å². The van der Waals surface area contributed by atoms with Gasteiger partial charge in [0.15, 0.2) is 0 Å². The Hall–Kier alpha value is -0.830. The third-order valence-electron chi connectivity index (χ3n) is 3.18. The van der Waals surface area contributed by atoms with E-state index in [2.05, 4.69) is 15.9 Å². The van der Waals surface area contributed by atoms with Crippen molar-refractivity contribution < 1.29 is 9.90 Å². The molecule has 1 N–H and O–H groups in total. The summed E-state index contributed by atoms with van der Waals surface area (Å²) in [6.45, 7) is 4.00. The maximum Gasteiger partial charge on any atom is 0.314 e. The topological polar surface area (TPSA) is 37.3 Å². The molecule has 0 unspecified atom stereocenters. The van der Waals surface area contributed by atoms with E-state index in [0.29, 0.717) is 0 Å². The maximum atomic E-state index is 11.2. The quantitative estimate of drug-likeness (QED) is 0.895. The van der Waals surface area contributed by atoms with Crippen LogP contribution >= 0.6 is 15.9 Å². The van der Waals surface area contributed by atoms with Crippen LogP contribution in [0.15, 0.2) is 16.6 Å². The van der Waals surface area contributed by atoms with Gasteiger partial charge in [0.2, 0.25) is 0 Å². The van der Waals surface area contributed by atoms with E-state index in [1.54, 1.807) is 0 Å². The Labute approximate surface area is 97.4 Å². The van der Waals surface area contributed by atoms with Gasteiger partial charge in [0.25, 0.3) is 0 Å². The van der Waals surface area contributed by atoms with Gasteiger partial charge >= 0.3 is 5.97 Å². The first kappa shape index (κ1) is 10.7. The third-order valence-corrected chi connectivity index (χ3v) is 4.03. The molecule has 2 nitrogen and oxygen atoms in total. The molecular formula is C12H13BrO2. The number of benzene rings is 1. The Kier molecular flexibility index (Phi) is 2.38. The minimum Gasteiger partial charge on any atom is -0.481 e. The molecule has 0 aliphatic heterocycles. The van der Waals surface area contributed by atoms with E-state index >= 15 is 0 Å². The second-order valence-corrected chi connectivity index (χ2v) is 5.16. The number of halogens is 1. The highest BCUT2D eigenvalue weighted by molar-refractivity contribution is 9.10. The Balaban J connectivity index is 2.54. The second kappa shape index (κ2) is 3.34. The van der Waals surface area contributed by atoms with E-state index < -0.39 is 11.4 Å². The first-order valence-electron chi connectivity index (χ1n) is 4.98. The molecule has 0 saturated heterocycles. The molecule has 0 radical (unpaired) electrons. The summed E-state index contributed by atoms with van der Waals surface area (Å²) in [5.41, 5.74) is 2.60. The van der Waals surface area contributed by atoms with Crippen LogP contribution in [0.3, 0.4) is 0 Å². The minimum absolute atomic E-state index is 0.597. The fourth-order valence-electron chi connectivity index (χ4n) is 2.06. The van der Waals surface area contributed by atoms with Gasteiger partial charge in [0.1, 0.15) is 0 Å². The molecule has 0 spiro atoms. The Morgan fingerprint density at radius 1 is 1.33 bits per heavy atom. The van der Waals surface area contributed by atoms with Crippen molar-refractivity contribution in [3.05, 3.63) is 33.3 Å². The minimum atomic E-state index is -0.693. The standard InChI is InChI=1S/C12H13BrO2/c1-7-5-8(2)10(13)6-9(7)12(3-4-12)11(14)15/h5-6H,3-4H2,1-2H3,(H,14,15). The molecule has 1 fully saturated rings. The Bertz CT molecular complexity index is 433. The molecule has 0 heterocycles. The highest BCUT2D eigenvalue weighted by Gasteiger charge is 2.52. The van der Waals surface area contributed by atoms with Crippen LogP contribution in [-0.2, 0) is 10.2 Å². The van der Waals surface area contributed by atoms with E-state index in [1.165, 1.54) is 0 Å². The number of hydrogen-bond donors (Lipinski definition) is 1. The highest BCUT2D eigenvalue weighted by Crippen LogP contribution is 2.50. The molecule has 15 heavy (non-hydrogen) atoms. The lowest BCUT2D eigenvalue weighted by molar-refractivity contribution is -0.140. The SMILES string of the molecule is Cc1cc(C)c(C2(C(=O)O)CC2)cc1Br. The summed E-state index contributed by atoms with van der Waals surface area (Å²) >= 11 is 3.46. The average Bonchev–Trinajstić information content (AvgIpc) is 2.92.